The minimum atomic E-state index is 0.297. The first kappa shape index (κ1) is 16.1. The van der Waals surface area contributed by atoms with Crippen molar-refractivity contribution in [2.45, 2.75) is 32.2 Å². The molecule has 0 saturated heterocycles. The molecule has 0 amide bonds. The summed E-state index contributed by atoms with van der Waals surface area (Å²) < 4.78 is 0. The van der Waals surface area contributed by atoms with Crippen molar-refractivity contribution < 1.29 is 0 Å². The second-order valence-corrected chi connectivity index (χ2v) is 7.13. The predicted molar refractivity (Wildman–Crippen MR) is 105 cm³/mol. The van der Waals surface area contributed by atoms with Gasteiger partial charge >= 0.3 is 0 Å². The van der Waals surface area contributed by atoms with Crippen LogP contribution < -0.4 is 16.0 Å². The zero-order valence-corrected chi connectivity index (χ0v) is 15.3. The van der Waals surface area contributed by atoms with Crippen molar-refractivity contribution in [2.24, 2.45) is 9.98 Å². The summed E-state index contributed by atoms with van der Waals surface area (Å²) in [4.78, 5) is 18.1. The van der Waals surface area contributed by atoms with Crippen molar-refractivity contribution >= 4 is 5.82 Å². The van der Waals surface area contributed by atoms with Gasteiger partial charge in [0.25, 0.3) is 0 Å². The average molecular weight is 355 g/mol. The van der Waals surface area contributed by atoms with Crippen LogP contribution in [0.5, 0.6) is 0 Å². The summed E-state index contributed by atoms with van der Waals surface area (Å²) >= 11 is 0. The molecule has 2 heterocycles. The number of hydrogen-bond donors (Lipinski definition) is 1. The van der Waals surface area contributed by atoms with E-state index in [1.165, 1.54) is 17.5 Å². The van der Waals surface area contributed by atoms with Gasteiger partial charge in [0.1, 0.15) is 18.3 Å². The van der Waals surface area contributed by atoms with E-state index < -0.39 is 0 Å². The molecule has 27 heavy (non-hydrogen) atoms. The highest BCUT2D eigenvalue weighted by Gasteiger charge is 2.20. The summed E-state index contributed by atoms with van der Waals surface area (Å²) in [5.74, 6) is 1.64. The fourth-order valence-corrected chi connectivity index (χ4v) is 4.00. The number of aromatic nitrogens is 2. The predicted octanol–water partition coefficient (Wildman–Crippen LogP) is 3.15. The van der Waals surface area contributed by atoms with Crippen LogP contribution in [0.2, 0.25) is 0 Å². The van der Waals surface area contributed by atoms with Gasteiger partial charge < -0.3 is 5.32 Å². The van der Waals surface area contributed by atoms with Crippen LogP contribution in [-0.4, -0.2) is 16.6 Å². The fraction of sp³-hybridized carbons (Fsp3) is 0.273. The summed E-state index contributed by atoms with van der Waals surface area (Å²) in [5, 5.41) is 5.55. The number of nitrogens with zero attached hydrogens (tertiary/aromatic N) is 4. The number of hydrogen-bond acceptors (Lipinski definition) is 5. The highest BCUT2D eigenvalue weighted by Crippen LogP contribution is 2.32. The second kappa shape index (κ2) is 6.58. The van der Waals surface area contributed by atoms with Gasteiger partial charge in [0.2, 0.25) is 0 Å². The molecule has 2 aliphatic rings. The molecule has 5 nitrogen and oxygen atoms in total. The Bertz CT molecular complexity index is 1140. The van der Waals surface area contributed by atoms with E-state index in [2.05, 4.69) is 61.7 Å². The molecule has 1 aliphatic carbocycles. The Balaban J connectivity index is 1.49. The average Bonchev–Trinajstić information content (AvgIpc) is 3.16. The maximum Gasteiger partial charge on any atom is 0.130 e. The summed E-state index contributed by atoms with van der Waals surface area (Å²) in [6.07, 6.45) is 3.47. The number of benzene rings is 2. The Labute approximate surface area is 158 Å². The zero-order chi connectivity index (χ0) is 18.2. The Kier molecular flexibility index (Phi) is 3.93. The Morgan fingerprint density at radius 2 is 1.85 bits per heavy atom. The van der Waals surface area contributed by atoms with Crippen LogP contribution in [0.15, 0.2) is 58.5 Å². The van der Waals surface area contributed by atoms with E-state index in [-0.39, 0.29) is 0 Å². The van der Waals surface area contributed by atoms with Crippen molar-refractivity contribution in [1.29, 1.82) is 0 Å². The van der Waals surface area contributed by atoms with E-state index in [4.69, 9.17) is 0 Å². The first-order chi connectivity index (χ1) is 13.3. The summed E-state index contributed by atoms with van der Waals surface area (Å²) in [7, 11) is 0. The monoisotopic (exact) mass is 355 g/mol. The van der Waals surface area contributed by atoms with Gasteiger partial charge in [-0.05, 0) is 49.4 Å². The molecule has 2 aromatic carbocycles. The van der Waals surface area contributed by atoms with Crippen LogP contribution in [0.4, 0.5) is 5.82 Å². The van der Waals surface area contributed by atoms with Crippen molar-refractivity contribution in [3.8, 4) is 11.3 Å². The van der Waals surface area contributed by atoms with Crippen molar-refractivity contribution in [1.82, 2.24) is 9.97 Å². The lowest BCUT2D eigenvalue weighted by molar-refractivity contribution is 0.598. The minimum Gasteiger partial charge on any atom is -0.363 e. The third-order valence-corrected chi connectivity index (χ3v) is 5.28. The molecule has 5 heteroatoms. The number of anilines is 1. The third kappa shape index (κ3) is 3.10. The number of fused-ring (bicyclic) bond motifs is 2. The van der Waals surface area contributed by atoms with E-state index >= 15 is 0 Å². The largest absolute Gasteiger partial charge is 0.363 e. The molecule has 0 spiro atoms. The maximum atomic E-state index is 4.64. The smallest absolute Gasteiger partial charge is 0.130 e. The van der Waals surface area contributed by atoms with Gasteiger partial charge in [-0.2, -0.15) is 0 Å². The molecule has 134 valence electrons. The quantitative estimate of drug-likeness (QED) is 0.785. The SMILES string of the molecule is Cc1nc(N[C@@H]2CCCc3ccccc32)cc(-c2ccc3c(c2)=NCN=3)n1. The standard InChI is InChI=1S/C22H21N5/c1-14-25-20(16-9-10-19-21(11-16)24-13-23-19)12-22(26-14)27-18-8-4-6-15-5-2-3-7-17(15)18/h2-3,5,7,9-12,18H,4,6,8,13H2,1H3,(H,25,26,27)/t18-/m1/s1. The molecule has 3 aromatic rings. The van der Waals surface area contributed by atoms with Gasteiger partial charge in [-0.3, -0.25) is 9.98 Å². The Morgan fingerprint density at radius 3 is 2.81 bits per heavy atom. The molecule has 1 aromatic heterocycles. The second-order valence-electron chi connectivity index (χ2n) is 7.13. The van der Waals surface area contributed by atoms with Gasteiger partial charge in [-0.15, -0.1) is 0 Å². The summed E-state index contributed by atoms with van der Waals surface area (Å²) in [6, 6.07) is 17.2. The van der Waals surface area contributed by atoms with E-state index in [1.807, 2.05) is 19.1 Å². The van der Waals surface area contributed by atoms with E-state index in [1.54, 1.807) is 0 Å². The lowest BCUT2D eigenvalue weighted by Crippen LogP contribution is -2.21. The molecule has 1 N–H and O–H groups in total. The zero-order valence-electron chi connectivity index (χ0n) is 15.3. The highest BCUT2D eigenvalue weighted by molar-refractivity contribution is 5.62. The minimum absolute atomic E-state index is 0.297. The molecule has 0 radical (unpaired) electrons. The molecule has 0 bridgehead atoms. The van der Waals surface area contributed by atoms with Crippen molar-refractivity contribution in [3.63, 3.8) is 0 Å². The van der Waals surface area contributed by atoms with E-state index in [9.17, 15) is 0 Å². The topological polar surface area (TPSA) is 62.5 Å². The molecule has 5 rings (SSSR count). The van der Waals surface area contributed by atoms with E-state index in [0.717, 1.165) is 46.5 Å². The number of aryl methyl sites for hydroxylation is 2. The van der Waals surface area contributed by atoms with Crippen LogP contribution >= 0.6 is 0 Å². The number of nitrogens with one attached hydrogen (secondary N) is 1. The molecule has 0 saturated carbocycles. The van der Waals surface area contributed by atoms with Gasteiger partial charge in [0, 0.05) is 11.6 Å². The number of rotatable bonds is 3. The van der Waals surface area contributed by atoms with Crippen molar-refractivity contribution in [3.05, 3.63) is 76.2 Å². The molecule has 0 unspecified atom stereocenters. The first-order valence-corrected chi connectivity index (χ1v) is 9.46. The Morgan fingerprint density at radius 1 is 0.963 bits per heavy atom. The highest BCUT2D eigenvalue weighted by atomic mass is 15.0. The molecule has 1 aliphatic heterocycles. The maximum absolute atomic E-state index is 4.64. The van der Waals surface area contributed by atoms with Gasteiger partial charge in [0.15, 0.2) is 0 Å². The van der Waals surface area contributed by atoms with Crippen LogP contribution in [-0.2, 0) is 6.42 Å². The molecular formula is C22H21N5. The van der Waals surface area contributed by atoms with Gasteiger partial charge in [-0.25, -0.2) is 9.97 Å². The molecular weight excluding hydrogens is 334 g/mol. The van der Waals surface area contributed by atoms with Gasteiger partial charge in [0.05, 0.1) is 22.5 Å². The van der Waals surface area contributed by atoms with E-state index in [0.29, 0.717) is 12.7 Å². The lowest BCUT2D eigenvalue weighted by atomic mass is 9.88. The van der Waals surface area contributed by atoms with Crippen LogP contribution in [0.1, 0.15) is 35.8 Å². The Hall–Kier alpha value is -3.08. The van der Waals surface area contributed by atoms with Crippen LogP contribution in [0.25, 0.3) is 11.3 Å². The van der Waals surface area contributed by atoms with Crippen LogP contribution in [0.3, 0.4) is 0 Å². The van der Waals surface area contributed by atoms with Gasteiger partial charge in [-0.1, -0.05) is 30.3 Å². The molecule has 1 atom stereocenters. The normalized spacial score (nSPS) is 17.4. The van der Waals surface area contributed by atoms with Crippen molar-refractivity contribution in [2.75, 3.05) is 12.0 Å². The van der Waals surface area contributed by atoms with Crippen LogP contribution in [0, 0.1) is 6.92 Å². The first-order valence-electron chi connectivity index (χ1n) is 9.46. The summed E-state index contributed by atoms with van der Waals surface area (Å²) in [6.45, 7) is 2.46. The summed E-state index contributed by atoms with van der Waals surface area (Å²) in [5.41, 5.74) is 4.79. The third-order valence-electron chi connectivity index (χ3n) is 5.28. The molecule has 0 fully saturated rings. The lowest BCUT2D eigenvalue weighted by Gasteiger charge is -2.27. The fourth-order valence-electron chi connectivity index (χ4n) is 4.00.